The average molecular weight is 213 g/mol. The Morgan fingerprint density at radius 2 is 1.94 bits per heavy atom. The van der Waals surface area contributed by atoms with E-state index in [2.05, 4.69) is 49.2 Å². The molecule has 0 fully saturated rings. The van der Waals surface area contributed by atoms with Crippen molar-refractivity contribution in [2.75, 3.05) is 0 Å². The van der Waals surface area contributed by atoms with Crippen molar-refractivity contribution >= 4 is 0 Å². The van der Waals surface area contributed by atoms with Gasteiger partial charge in [-0.05, 0) is 37.0 Å². The van der Waals surface area contributed by atoms with E-state index in [0.717, 1.165) is 0 Å². The van der Waals surface area contributed by atoms with Gasteiger partial charge >= 0.3 is 0 Å². The summed E-state index contributed by atoms with van der Waals surface area (Å²) in [5.41, 5.74) is 5.41. The first kappa shape index (κ1) is 11.0. The summed E-state index contributed by atoms with van der Waals surface area (Å²) in [7, 11) is 0. The van der Waals surface area contributed by atoms with Crippen LogP contribution in [0.15, 0.2) is 36.5 Å². The minimum Gasteiger partial charge on any atom is -0.361 e. The Hall–Kier alpha value is -1.50. The molecule has 0 bridgehead atoms. The van der Waals surface area contributed by atoms with Gasteiger partial charge in [0.2, 0.25) is 0 Å². The van der Waals surface area contributed by atoms with Gasteiger partial charge in [0.05, 0.1) is 0 Å². The zero-order valence-electron chi connectivity index (χ0n) is 10.1. The van der Waals surface area contributed by atoms with Crippen molar-refractivity contribution in [2.24, 2.45) is 0 Å². The van der Waals surface area contributed by atoms with Crippen LogP contribution in [-0.4, -0.2) is 4.98 Å². The normalized spacial score (nSPS) is 10.6. The molecule has 0 saturated heterocycles. The van der Waals surface area contributed by atoms with E-state index in [1.807, 2.05) is 6.20 Å². The van der Waals surface area contributed by atoms with E-state index in [0.29, 0.717) is 0 Å². The molecule has 0 radical (unpaired) electrons. The molecule has 1 N–H and O–H groups in total. The van der Waals surface area contributed by atoms with Gasteiger partial charge < -0.3 is 4.98 Å². The van der Waals surface area contributed by atoms with Gasteiger partial charge in [0, 0.05) is 17.5 Å². The number of hydrogen-bond acceptors (Lipinski definition) is 0. The monoisotopic (exact) mass is 213 g/mol. The molecule has 0 atom stereocenters. The minimum absolute atomic E-state index is 1.17. The highest BCUT2D eigenvalue weighted by molar-refractivity contribution is 5.67. The number of benzene rings is 1. The quantitative estimate of drug-likeness (QED) is 0.778. The number of rotatable bonds is 4. The zero-order chi connectivity index (χ0) is 11.4. The van der Waals surface area contributed by atoms with Crippen molar-refractivity contribution in [3.05, 3.63) is 47.7 Å². The van der Waals surface area contributed by atoms with Crippen molar-refractivity contribution in [3.8, 4) is 11.3 Å². The standard InChI is InChI=1S/C15H19N/c1-3-4-7-13-8-5-6-9-14(13)15-12(2)10-11-16-15/h5-6,8-11,16H,3-4,7H2,1-2H3. The topological polar surface area (TPSA) is 15.8 Å². The van der Waals surface area contributed by atoms with Gasteiger partial charge in [0.25, 0.3) is 0 Å². The molecule has 0 amide bonds. The van der Waals surface area contributed by atoms with E-state index in [4.69, 9.17) is 0 Å². The molecule has 0 aliphatic rings. The van der Waals surface area contributed by atoms with E-state index in [-0.39, 0.29) is 0 Å². The molecule has 1 aromatic carbocycles. The van der Waals surface area contributed by atoms with E-state index in [1.54, 1.807) is 0 Å². The molecule has 2 aromatic rings. The number of aromatic amines is 1. The first-order chi connectivity index (χ1) is 7.83. The second-order valence-electron chi connectivity index (χ2n) is 4.30. The van der Waals surface area contributed by atoms with Crippen LogP contribution >= 0.6 is 0 Å². The smallest absolute Gasteiger partial charge is 0.0486 e. The van der Waals surface area contributed by atoms with Gasteiger partial charge in [-0.3, -0.25) is 0 Å². The van der Waals surface area contributed by atoms with Crippen LogP contribution in [0, 0.1) is 6.92 Å². The van der Waals surface area contributed by atoms with E-state index in [9.17, 15) is 0 Å². The second-order valence-corrected chi connectivity index (χ2v) is 4.30. The number of nitrogens with one attached hydrogen (secondary N) is 1. The Kier molecular flexibility index (Phi) is 3.45. The third kappa shape index (κ3) is 2.19. The lowest BCUT2D eigenvalue weighted by Gasteiger charge is -2.08. The van der Waals surface area contributed by atoms with Crippen LogP contribution in [0.5, 0.6) is 0 Å². The van der Waals surface area contributed by atoms with Gasteiger partial charge in [-0.25, -0.2) is 0 Å². The van der Waals surface area contributed by atoms with Crippen LogP contribution in [0.4, 0.5) is 0 Å². The Balaban J connectivity index is 2.37. The summed E-state index contributed by atoms with van der Waals surface area (Å²) in [5.74, 6) is 0. The van der Waals surface area contributed by atoms with Crippen LogP contribution in [0.2, 0.25) is 0 Å². The number of unbranched alkanes of at least 4 members (excludes halogenated alkanes) is 1. The molecular formula is C15H19N. The number of H-pyrrole nitrogens is 1. The lowest BCUT2D eigenvalue weighted by atomic mass is 9.98. The average Bonchev–Trinajstić information content (AvgIpc) is 2.73. The fourth-order valence-electron chi connectivity index (χ4n) is 2.09. The highest BCUT2D eigenvalue weighted by atomic mass is 14.7. The summed E-state index contributed by atoms with van der Waals surface area (Å²) >= 11 is 0. The van der Waals surface area contributed by atoms with E-state index >= 15 is 0 Å². The summed E-state index contributed by atoms with van der Waals surface area (Å²) in [4.78, 5) is 3.34. The molecule has 1 nitrogen and oxygen atoms in total. The molecule has 1 aromatic heterocycles. The molecule has 0 saturated carbocycles. The van der Waals surface area contributed by atoms with Crippen molar-refractivity contribution in [2.45, 2.75) is 33.1 Å². The third-order valence-electron chi connectivity index (χ3n) is 3.04. The van der Waals surface area contributed by atoms with Gasteiger partial charge in [0.1, 0.15) is 0 Å². The molecule has 0 aliphatic carbocycles. The Morgan fingerprint density at radius 3 is 2.62 bits per heavy atom. The SMILES string of the molecule is CCCCc1ccccc1-c1[nH]ccc1C. The molecule has 0 aliphatic heterocycles. The van der Waals surface area contributed by atoms with Crippen molar-refractivity contribution in [1.82, 2.24) is 4.98 Å². The van der Waals surface area contributed by atoms with Crippen LogP contribution in [0.1, 0.15) is 30.9 Å². The van der Waals surface area contributed by atoms with E-state index in [1.165, 1.54) is 41.6 Å². The lowest BCUT2D eigenvalue weighted by Crippen LogP contribution is -1.91. The van der Waals surface area contributed by atoms with Crippen molar-refractivity contribution in [3.63, 3.8) is 0 Å². The molecule has 2 rings (SSSR count). The zero-order valence-corrected chi connectivity index (χ0v) is 10.1. The minimum atomic E-state index is 1.17. The predicted molar refractivity (Wildman–Crippen MR) is 69.6 cm³/mol. The van der Waals surface area contributed by atoms with Crippen molar-refractivity contribution < 1.29 is 0 Å². The van der Waals surface area contributed by atoms with E-state index < -0.39 is 0 Å². The summed E-state index contributed by atoms with van der Waals surface area (Å²) in [6.45, 7) is 4.39. The van der Waals surface area contributed by atoms with Gasteiger partial charge in [0.15, 0.2) is 0 Å². The maximum Gasteiger partial charge on any atom is 0.0486 e. The first-order valence-corrected chi connectivity index (χ1v) is 6.05. The van der Waals surface area contributed by atoms with Crippen LogP contribution in [0.3, 0.4) is 0 Å². The molecule has 1 heteroatoms. The summed E-state index contributed by atoms with van der Waals surface area (Å²) < 4.78 is 0. The second kappa shape index (κ2) is 5.02. The lowest BCUT2D eigenvalue weighted by molar-refractivity contribution is 0.796. The molecular weight excluding hydrogens is 194 g/mol. The Labute approximate surface area is 97.5 Å². The fourth-order valence-corrected chi connectivity index (χ4v) is 2.09. The third-order valence-corrected chi connectivity index (χ3v) is 3.04. The predicted octanol–water partition coefficient (Wildman–Crippen LogP) is 4.33. The molecule has 84 valence electrons. The summed E-state index contributed by atoms with van der Waals surface area (Å²) in [6.07, 6.45) is 5.70. The maximum atomic E-state index is 3.34. The van der Waals surface area contributed by atoms with Gasteiger partial charge in [-0.15, -0.1) is 0 Å². The molecule has 0 unspecified atom stereocenters. The van der Waals surface area contributed by atoms with Gasteiger partial charge in [-0.2, -0.15) is 0 Å². The molecule has 1 heterocycles. The van der Waals surface area contributed by atoms with Crippen LogP contribution in [0.25, 0.3) is 11.3 Å². The number of aromatic nitrogens is 1. The first-order valence-electron chi connectivity index (χ1n) is 6.05. The largest absolute Gasteiger partial charge is 0.361 e. The Morgan fingerprint density at radius 1 is 1.12 bits per heavy atom. The molecule has 16 heavy (non-hydrogen) atoms. The highest BCUT2D eigenvalue weighted by Gasteiger charge is 2.07. The maximum absolute atomic E-state index is 3.34. The molecule has 0 spiro atoms. The van der Waals surface area contributed by atoms with Gasteiger partial charge in [-0.1, -0.05) is 37.6 Å². The number of aryl methyl sites for hydroxylation is 2. The summed E-state index contributed by atoms with van der Waals surface area (Å²) in [5, 5.41) is 0. The van der Waals surface area contributed by atoms with Crippen LogP contribution in [-0.2, 0) is 6.42 Å². The highest BCUT2D eigenvalue weighted by Crippen LogP contribution is 2.26. The fraction of sp³-hybridized carbons (Fsp3) is 0.333. The Bertz CT molecular complexity index is 454. The van der Waals surface area contributed by atoms with Crippen LogP contribution < -0.4 is 0 Å². The number of hydrogen-bond donors (Lipinski definition) is 1. The van der Waals surface area contributed by atoms with Crippen molar-refractivity contribution in [1.29, 1.82) is 0 Å². The summed E-state index contributed by atoms with van der Waals surface area (Å²) in [6, 6.07) is 10.8.